The van der Waals surface area contributed by atoms with E-state index in [0.717, 1.165) is 4.90 Å². The maximum absolute atomic E-state index is 13.8. The third-order valence-corrected chi connectivity index (χ3v) is 8.58. The van der Waals surface area contributed by atoms with Crippen molar-refractivity contribution in [3.05, 3.63) is 102 Å². The van der Waals surface area contributed by atoms with E-state index < -0.39 is 17.1 Å². The van der Waals surface area contributed by atoms with Crippen molar-refractivity contribution in [2.24, 2.45) is 0 Å². The van der Waals surface area contributed by atoms with E-state index in [1.165, 1.54) is 39.2 Å². The molecule has 0 aliphatic carbocycles. The fraction of sp³-hybridized carbons (Fsp3) is 0.216. The molecule has 4 aromatic rings. The minimum Gasteiger partial charge on any atom is -0.497 e. The molecule has 0 saturated carbocycles. The molecule has 12 heteroatoms. The summed E-state index contributed by atoms with van der Waals surface area (Å²) in [5.41, 5.74) is 1.80. The standard InChI is InChI=1S/C37H39N3O8S/c1-7-34(37(43)39-26-18-27(44-2)21-28(19-26)45-3)49-29-15-11-14-25(20-29)38-36(42)30(40-35(41)23-12-9-8-10-13-23)16-24-17-32(47-5)33(48-6)22-31(24)46-4/h8-22,34H,7H2,1-6H3,(H,38,42)(H,39,43)(H,40,41)/b30-16+. The van der Waals surface area contributed by atoms with Crippen molar-refractivity contribution in [3.63, 3.8) is 0 Å². The predicted octanol–water partition coefficient (Wildman–Crippen LogP) is 6.65. The predicted molar refractivity (Wildman–Crippen MR) is 191 cm³/mol. The first-order valence-electron chi connectivity index (χ1n) is 15.2. The largest absolute Gasteiger partial charge is 0.497 e. The lowest BCUT2D eigenvalue weighted by Gasteiger charge is -2.17. The maximum Gasteiger partial charge on any atom is 0.272 e. The Morgan fingerprint density at radius 3 is 1.96 bits per heavy atom. The molecule has 1 unspecified atom stereocenters. The highest BCUT2D eigenvalue weighted by Gasteiger charge is 2.21. The number of carbonyl (C=O) groups excluding carboxylic acids is 3. The molecule has 0 saturated heterocycles. The number of anilines is 2. The van der Waals surface area contributed by atoms with Crippen molar-refractivity contribution in [1.82, 2.24) is 5.32 Å². The van der Waals surface area contributed by atoms with Crippen LogP contribution in [0.2, 0.25) is 0 Å². The second-order valence-electron chi connectivity index (χ2n) is 10.4. The quantitative estimate of drug-likeness (QED) is 0.0930. The zero-order chi connectivity index (χ0) is 35.3. The number of benzene rings is 4. The van der Waals surface area contributed by atoms with Crippen molar-refractivity contribution in [3.8, 4) is 28.7 Å². The number of hydrogen-bond donors (Lipinski definition) is 3. The van der Waals surface area contributed by atoms with Gasteiger partial charge >= 0.3 is 0 Å². The number of methoxy groups -OCH3 is 5. The van der Waals surface area contributed by atoms with Crippen LogP contribution < -0.4 is 39.6 Å². The normalized spacial score (nSPS) is 11.5. The Morgan fingerprint density at radius 1 is 0.694 bits per heavy atom. The van der Waals surface area contributed by atoms with Gasteiger partial charge in [0.15, 0.2) is 11.5 Å². The summed E-state index contributed by atoms with van der Waals surface area (Å²) in [7, 11) is 7.57. The number of amides is 3. The molecule has 1 atom stereocenters. The monoisotopic (exact) mass is 685 g/mol. The molecule has 49 heavy (non-hydrogen) atoms. The van der Waals surface area contributed by atoms with Gasteiger partial charge in [-0.2, -0.15) is 0 Å². The van der Waals surface area contributed by atoms with Crippen molar-refractivity contribution < 1.29 is 38.1 Å². The van der Waals surface area contributed by atoms with Gasteiger partial charge in [-0.15, -0.1) is 11.8 Å². The fourth-order valence-corrected chi connectivity index (χ4v) is 5.71. The van der Waals surface area contributed by atoms with Gasteiger partial charge in [-0.25, -0.2) is 0 Å². The van der Waals surface area contributed by atoms with Crippen molar-refractivity contribution in [2.45, 2.75) is 23.5 Å². The Kier molecular flexibility index (Phi) is 12.9. The summed E-state index contributed by atoms with van der Waals surface area (Å²) < 4.78 is 27.0. The molecule has 11 nitrogen and oxygen atoms in total. The Bertz CT molecular complexity index is 1790. The average Bonchev–Trinajstić information content (AvgIpc) is 3.13. The number of thioether (sulfide) groups is 1. The molecular formula is C37H39N3O8S. The molecule has 0 spiro atoms. The Balaban J connectivity index is 1.58. The van der Waals surface area contributed by atoms with Crippen LogP contribution in [0.1, 0.15) is 29.3 Å². The summed E-state index contributed by atoms with van der Waals surface area (Å²) in [4.78, 5) is 41.0. The lowest BCUT2D eigenvalue weighted by Crippen LogP contribution is -2.30. The molecule has 0 aliphatic rings. The Morgan fingerprint density at radius 2 is 1.35 bits per heavy atom. The first-order chi connectivity index (χ1) is 23.7. The van der Waals surface area contributed by atoms with Gasteiger partial charge in [0, 0.05) is 51.7 Å². The molecule has 0 aromatic heterocycles. The first-order valence-corrected chi connectivity index (χ1v) is 16.1. The lowest BCUT2D eigenvalue weighted by molar-refractivity contribution is -0.116. The van der Waals surface area contributed by atoms with Crippen LogP contribution in [0.25, 0.3) is 6.08 Å². The summed E-state index contributed by atoms with van der Waals surface area (Å²) in [5, 5.41) is 8.11. The van der Waals surface area contributed by atoms with Crippen LogP contribution in [-0.2, 0) is 9.59 Å². The van der Waals surface area contributed by atoms with Crippen LogP contribution in [0.3, 0.4) is 0 Å². The van der Waals surface area contributed by atoms with Gasteiger partial charge in [0.05, 0.1) is 40.8 Å². The molecule has 0 aliphatic heterocycles. The van der Waals surface area contributed by atoms with E-state index in [9.17, 15) is 14.4 Å². The number of nitrogens with one attached hydrogen (secondary N) is 3. The maximum atomic E-state index is 13.8. The molecule has 0 radical (unpaired) electrons. The number of hydrogen-bond acceptors (Lipinski definition) is 9. The van der Waals surface area contributed by atoms with Gasteiger partial charge in [-0.1, -0.05) is 31.2 Å². The average molecular weight is 686 g/mol. The second-order valence-corrected chi connectivity index (χ2v) is 11.7. The van der Waals surface area contributed by atoms with Crippen LogP contribution in [0.15, 0.2) is 95.5 Å². The number of ether oxygens (including phenoxy) is 5. The van der Waals surface area contributed by atoms with E-state index in [0.29, 0.717) is 57.7 Å². The van der Waals surface area contributed by atoms with E-state index in [4.69, 9.17) is 23.7 Å². The zero-order valence-electron chi connectivity index (χ0n) is 28.1. The van der Waals surface area contributed by atoms with E-state index >= 15 is 0 Å². The van der Waals surface area contributed by atoms with Crippen molar-refractivity contribution in [2.75, 3.05) is 46.2 Å². The van der Waals surface area contributed by atoms with Gasteiger partial charge < -0.3 is 39.6 Å². The number of rotatable bonds is 15. The summed E-state index contributed by atoms with van der Waals surface area (Å²) in [6.45, 7) is 1.92. The van der Waals surface area contributed by atoms with Gasteiger partial charge in [0.1, 0.15) is 22.9 Å². The molecule has 256 valence electrons. The van der Waals surface area contributed by atoms with E-state index in [-0.39, 0.29) is 11.6 Å². The Labute approximate surface area is 289 Å². The summed E-state index contributed by atoms with van der Waals surface area (Å²) in [6, 6.07) is 24.1. The SMILES string of the molecule is CCC(Sc1cccc(NC(=O)/C(=C\c2cc(OC)c(OC)cc2OC)NC(=O)c2ccccc2)c1)C(=O)Nc1cc(OC)cc(OC)c1. The summed E-state index contributed by atoms with van der Waals surface area (Å²) in [6.07, 6.45) is 2.04. The molecule has 4 rings (SSSR count). The van der Waals surface area contributed by atoms with Gasteiger partial charge in [-0.3, -0.25) is 14.4 Å². The van der Waals surface area contributed by atoms with Crippen molar-refractivity contribution >= 4 is 46.9 Å². The number of carbonyl (C=O) groups is 3. The lowest BCUT2D eigenvalue weighted by atomic mass is 10.1. The van der Waals surface area contributed by atoms with E-state index in [1.54, 1.807) is 93.1 Å². The highest BCUT2D eigenvalue weighted by atomic mass is 32.2. The van der Waals surface area contributed by atoms with Gasteiger partial charge in [0.25, 0.3) is 11.8 Å². The Hall–Kier alpha value is -5.62. The van der Waals surface area contributed by atoms with E-state index in [1.807, 2.05) is 13.0 Å². The van der Waals surface area contributed by atoms with Gasteiger partial charge in [0.2, 0.25) is 5.91 Å². The summed E-state index contributed by atoms with van der Waals surface area (Å²) in [5.74, 6) is 1.09. The molecule has 0 fully saturated rings. The molecule has 3 amide bonds. The third kappa shape index (κ3) is 9.71. The zero-order valence-corrected chi connectivity index (χ0v) is 28.9. The highest BCUT2D eigenvalue weighted by Crippen LogP contribution is 2.36. The molecule has 3 N–H and O–H groups in total. The molecule has 0 heterocycles. The minimum absolute atomic E-state index is 0.0445. The van der Waals surface area contributed by atoms with Crippen molar-refractivity contribution in [1.29, 1.82) is 0 Å². The van der Waals surface area contributed by atoms with Gasteiger partial charge in [-0.05, 0) is 48.9 Å². The molecule has 0 bridgehead atoms. The highest BCUT2D eigenvalue weighted by molar-refractivity contribution is 8.00. The third-order valence-electron chi connectivity index (χ3n) is 7.22. The smallest absolute Gasteiger partial charge is 0.272 e. The van der Waals surface area contributed by atoms with Crippen LogP contribution in [-0.4, -0.2) is 58.5 Å². The second kappa shape index (κ2) is 17.5. The summed E-state index contributed by atoms with van der Waals surface area (Å²) >= 11 is 1.36. The first kappa shape index (κ1) is 36.2. The topological polar surface area (TPSA) is 133 Å². The minimum atomic E-state index is -0.583. The van der Waals surface area contributed by atoms with Crippen LogP contribution >= 0.6 is 11.8 Å². The van der Waals surface area contributed by atoms with Crippen LogP contribution in [0.5, 0.6) is 28.7 Å². The molecular weight excluding hydrogens is 646 g/mol. The fourth-order valence-electron chi connectivity index (χ4n) is 4.70. The van der Waals surface area contributed by atoms with Crippen LogP contribution in [0.4, 0.5) is 11.4 Å². The van der Waals surface area contributed by atoms with Crippen LogP contribution in [0, 0.1) is 0 Å². The molecule has 4 aromatic carbocycles. The van der Waals surface area contributed by atoms with E-state index in [2.05, 4.69) is 16.0 Å².